The molecule has 0 aromatic heterocycles. The topological polar surface area (TPSA) is 46.6 Å². The molecule has 1 saturated heterocycles. The van der Waals surface area contributed by atoms with Crippen LogP contribution in [0.2, 0.25) is 5.02 Å². The maximum atomic E-state index is 11.8. The predicted octanol–water partition coefficient (Wildman–Crippen LogP) is 3.92. The largest absolute Gasteiger partial charge is 0.465 e. The average molecular weight is 330 g/mol. The number of halogens is 1. The fourth-order valence-corrected chi connectivity index (χ4v) is 3.01. The van der Waals surface area contributed by atoms with E-state index in [1.807, 2.05) is 30.3 Å². The van der Waals surface area contributed by atoms with Crippen LogP contribution in [-0.2, 0) is 9.53 Å². The Morgan fingerprint density at radius 3 is 2.48 bits per heavy atom. The Morgan fingerprint density at radius 2 is 1.91 bits per heavy atom. The SMILES string of the molecule is COC(=O)c1ccc(-c2ccc(N3CCCC3=O)cc2Cl)cc1. The van der Waals surface area contributed by atoms with E-state index in [0.29, 0.717) is 17.0 Å². The van der Waals surface area contributed by atoms with Crippen molar-refractivity contribution in [2.24, 2.45) is 0 Å². The van der Waals surface area contributed by atoms with E-state index in [1.54, 1.807) is 17.0 Å². The first kappa shape index (κ1) is 15.6. The van der Waals surface area contributed by atoms with Crippen LogP contribution >= 0.6 is 11.6 Å². The number of hydrogen-bond acceptors (Lipinski definition) is 3. The second-order valence-electron chi connectivity index (χ2n) is 5.38. The van der Waals surface area contributed by atoms with Crippen molar-refractivity contribution in [3.63, 3.8) is 0 Å². The Bertz CT molecular complexity index is 755. The summed E-state index contributed by atoms with van der Waals surface area (Å²) in [5.41, 5.74) is 3.08. The van der Waals surface area contributed by atoms with Crippen LogP contribution in [0.25, 0.3) is 11.1 Å². The third-order valence-electron chi connectivity index (χ3n) is 3.95. The molecule has 0 bridgehead atoms. The highest BCUT2D eigenvalue weighted by Crippen LogP contribution is 2.33. The number of methoxy groups -OCH3 is 1. The first-order valence-corrected chi connectivity index (χ1v) is 7.76. The van der Waals surface area contributed by atoms with Gasteiger partial charge in [-0.25, -0.2) is 4.79 Å². The number of hydrogen-bond donors (Lipinski definition) is 0. The highest BCUT2D eigenvalue weighted by atomic mass is 35.5. The zero-order chi connectivity index (χ0) is 16.4. The Morgan fingerprint density at radius 1 is 1.17 bits per heavy atom. The number of anilines is 1. The number of benzene rings is 2. The number of carbonyl (C=O) groups is 2. The molecule has 5 heteroatoms. The molecule has 4 nitrogen and oxygen atoms in total. The molecule has 0 atom stereocenters. The normalized spacial score (nSPS) is 14.2. The van der Waals surface area contributed by atoms with Gasteiger partial charge in [-0.3, -0.25) is 4.79 Å². The number of rotatable bonds is 3. The summed E-state index contributed by atoms with van der Waals surface area (Å²) in [6, 6.07) is 12.7. The van der Waals surface area contributed by atoms with Crippen LogP contribution in [0, 0.1) is 0 Å². The van der Waals surface area contributed by atoms with Gasteiger partial charge in [0.2, 0.25) is 5.91 Å². The molecule has 1 fully saturated rings. The van der Waals surface area contributed by atoms with E-state index in [9.17, 15) is 9.59 Å². The van der Waals surface area contributed by atoms with E-state index in [4.69, 9.17) is 11.6 Å². The average Bonchev–Trinajstić information content (AvgIpc) is 3.00. The molecule has 118 valence electrons. The number of esters is 1. The van der Waals surface area contributed by atoms with Crippen molar-refractivity contribution in [2.45, 2.75) is 12.8 Å². The van der Waals surface area contributed by atoms with Crippen molar-refractivity contribution >= 4 is 29.2 Å². The molecule has 0 saturated carbocycles. The standard InChI is InChI=1S/C18H16ClNO3/c1-23-18(22)13-6-4-12(5-7-13)15-9-8-14(11-16(15)19)20-10-2-3-17(20)21/h4-9,11H,2-3,10H2,1H3. The number of amides is 1. The van der Waals surface area contributed by atoms with Crippen molar-refractivity contribution in [1.82, 2.24) is 0 Å². The fourth-order valence-electron chi connectivity index (χ4n) is 2.73. The van der Waals surface area contributed by atoms with Crippen LogP contribution < -0.4 is 4.90 Å². The Balaban J connectivity index is 1.88. The molecule has 3 rings (SSSR count). The molecule has 0 unspecified atom stereocenters. The zero-order valence-corrected chi connectivity index (χ0v) is 13.5. The second-order valence-corrected chi connectivity index (χ2v) is 5.79. The van der Waals surface area contributed by atoms with E-state index in [-0.39, 0.29) is 11.9 Å². The molecule has 2 aromatic rings. The van der Waals surface area contributed by atoms with Crippen LogP contribution in [-0.4, -0.2) is 25.5 Å². The van der Waals surface area contributed by atoms with Gasteiger partial charge in [0, 0.05) is 24.2 Å². The van der Waals surface area contributed by atoms with Gasteiger partial charge >= 0.3 is 5.97 Å². The highest BCUT2D eigenvalue weighted by molar-refractivity contribution is 6.33. The third kappa shape index (κ3) is 3.08. The number of ether oxygens (including phenoxy) is 1. The maximum absolute atomic E-state index is 11.8. The second kappa shape index (κ2) is 6.42. The molecule has 1 heterocycles. The molecule has 1 aliphatic heterocycles. The maximum Gasteiger partial charge on any atom is 0.337 e. The third-order valence-corrected chi connectivity index (χ3v) is 4.27. The summed E-state index contributed by atoms with van der Waals surface area (Å²) in [7, 11) is 1.35. The van der Waals surface area contributed by atoms with E-state index in [1.165, 1.54) is 7.11 Å². The van der Waals surface area contributed by atoms with Gasteiger partial charge in [-0.05, 0) is 36.2 Å². The van der Waals surface area contributed by atoms with E-state index in [2.05, 4.69) is 4.74 Å². The van der Waals surface area contributed by atoms with Crippen LogP contribution in [0.1, 0.15) is 23.2 Å². The van der Waals surface area contributed by atoms with Crippen molar-refractivity contribution in [1.29, 1.82) is 0 Å². The van der Waals surface area contributed by atoms with E-state index < -0.39 is 0 Å². The molecule has 1 aliphatic rings. The van der Waals surface area contributed by atoms with Crippen LogP contribution in [0.15, 0.2) is 42.5 Å². The summed E-state index contributed by atoms with van der Waals surface area (Å²) in [5, 5.41) is 0.577. The summed E-state index contributed by atoms with van der Waals surface area (Å²) < 4.78 is 4.69. The van der Waals surface area contributed by atoms with Crippen LogP contribution in [0.3, 0.4) is 0 Å². The van der Waals surface area contributed by atoms with Gasteiger partial charge in [0.15, 0.2) is 0 Å². The monoisotopic (exact) mass is 329 g/mol. The highest BCUT2D eigenvalue weighted by Gasteiger charge is 2.22. The van der Waals surface area contributed by atoms with E-state index >= 15 is 0 Å². The lowest BCUT2D eigenvalue weighted by Crippen LogP contribution is -2.23. The van der Waals surface area contributed by atoms with E-state index in [0.717, 1.165) is 29.8 Å². The van der Waals surface area contributed by atoms with Crippen molar-refractivity contribution < 1.29 is 14.3 Å². The summed E-state index contributed by atoms with van der Waals surface area (Å²) in [4.78, 5) is 25.0. The molecule has 0 radical (unpaired) electrons. The molecule has 0 spiro atoms. The van der Waals surface area contributed by atoms with Crippen LogP contribution in [0.5, 0.6) is 0 Å². The van der Waals surface area contributed by atoms with Crippen molar-refractivity contribution in [3.8, 4) is 11.1 Å². The molecular weight excluding hydrogens is 314 g/mol. The Kier molecular flexibility index (Phi) is 4.35. The molecule has 2 aromatic carbocycles. The summed E-state index contributed by atoms with van der Waals surface area (Å²) >= 11 is 6.39. The van der Waals surface area contributed by atoms with Crippen LogP contribution in [0.4, 0.5) is 5.69 Å². The first-order chi connectivity index (χ1) is 11.1. The molecule has 0 aliphatic carbocycles. The minimum absolute atomic E-state index is 0.135. The Labute approximate surface area is 139 Å². The summed E-state index contributed by atoms with van der Waals surface area (Å²) in [5.74, 6) is -0.234. The Hall–Kier alpha value is -2.33. The molecule has 0 N–H and O–H groups in total. The van der Waals surface area contributed by atoms with Gasteiger partial charge in [-0.1, -0.05) is 29.8 Å². The first-order valence-electron chi connectivity index (χ1n) is 7.39. The molecular formula is C18H16ClNO3. The van der Waals surface area contributed by atoms with Gasteiger partial charge in [0.25, 0.3) is 0 Å². The van der Waals surface area contributed by atoms with Crippen molar-refractivity contribution in [3.05, 3.63) is 53.1 Å². The van der Waals surface area contributed by atoms with Gasteiger partial charge in [0.1, 0.15) is 0 Å². The zero-order valence-electron chi connectivity index (χ0n) is 12.7. The smallest absolute Gasteiger partial charge is 0.337 e. The van der Waals surface area contributed by atoms with Gasteiger partial charge in [0.05, 0.1) is 17.7 Å². The van der Waals surface area contributed by atoms with Gasteiger partial charge in [-0.2, -0.15) is 0 Å². The number of carbonyl (C=O) groups excluding carboxylic acids is 2. The lowest BCUT2D eigenvalue weighted by Gasteiger charge is -2.17. The number of nitrogens with zero attached hydrogens (tertiary/aromatic N) is 1. The van der Waals surface area contributed by atoms with Gasteiger partial charge in [-0.15, -0.1) is 0 Å². The summed E-state index contributed by atoms with van der Waals surface area (Å²) in [6.45, 7) is 0.738. The lowest BCUT2D eigenvalue weighted by atomic mass is 10.0. The minimum Gasteiger partial charge on any atom is -0.465 e. The molecule has 1 amide bonds. The fraction of sp³-hybridized carbons (Fsp3) is 0.222. The van der Waals surface area contributed by atoms with Crippen molar-refractivity contribution in [2.75, 3.05) is 18.6 Å². The lowest BCUT2D eigenvalue weighted by molar-refractivity contribution is -0.117. The molecule has 23 heavy (non-hydrogen) atoms. The quantitative estimate of drug-likeness (QED) is 0.802. The summed E-state index contributed by atoms with van der Waals surface area (Å²) in [6.07, 6.45) is 1.47. The minimum atomic E-state index is -0.370. The predicted molar refractivity (Wildman–Crippen MR) is 89.8 cm³/mol. The van der Waals surface area contributed by atoms with Gasteiger partial charge < -0.3 is 9.64 Å².